The molecule has 1 unspecified atom stereocenters. The zero-order valence-electron chi connectivity index (χ0n) is 14.9. The summed E-state index contributed by atoms with van der Waals surface area (Å²) in [7, 11) is 1.53. The molecule has 3 N–H and O–H groups in total. The molecule has 0 saturated carbocycles. The van der Waals surface area contributed by atoms with E-state index in [0.29, 0.717) is 31.1 Å². The first kappa shape index (κ1) is 18.1. The number of likely N-dealkylation sites (tertiary alicyclic amines) is 1. The Hall–Kier alpha value is -2.67. The number of nitrogens with one attached hydrogen (secondary N) is 1. The number of carbonyl (C=O) groups excluding carboxylic acids is 2. The standard InChI is InChI=1S/C19H24N4O3/c1-26-17-11-15(14-6-2-3-7-16(14)22-17)19(25)21-8-10-23-9-4-5-13(12-23)18(20)24/h2-3,6-7,11,13H,4-5,8-10,12H2,1H3,(H2,20,24)(H,21,25). The number of carbonyl (C=O) groups is 2. The highest BCUT2D eigenvalue weighted by atomic mass is 16.5. The summed E-state index contributed by atoms with van der Waals surface area (Å²) >= 11 is 0. The highest BCUT2D eigenvalue weighted by molar-refractivity contribution is 6.06. The van der Waals surface area contributed by atoms with Crippen LogP contribution in [-0.2, 0) is 4.79 Å². The summed E-state index contributed by atoms with van der Waals surface area (Å²) in [6.45, 7) is 2.78. The number of amides is 2. The van der Waals surface area contributed by atoms with Crippen LogP contribution in [0.25, 0.3) is 10.9 Å². The molecule has 1 aliphatic heterocycles. The Morgan fingerprint density at radius 1 is 1.38 bits per heavy atom. The SMILES string of the molecule is COc1cc(C(=O)NCCN2CCCC(C(N)=O)C2)c2ccccc2n1. The van der Waals surface area contributed by atoms with Gasteiger partial charge >= 0.3 is 0 Å². The van der Waals surface area contributed by atoms with Crippen molar-refractivity contribution in [2.75, 3.05) is 33.3 Å². The molecule has 138 valence electrons. The molecule has 1 aromatic carbocycles. The zero-order chi connectivity index (χ0) is 18.5. The summed E-state index contributed by atoms with van der Waals surface area (Å²) in [5, 5.41) is 3.74. The largest absolute Gasteiger partial charge is 0.481 e. The number of hydrogen-bond acceptors (Lipinski definition) is 5. The number of fused-ring (bicyclic) bond motifs is 1. The molecule has 3 rings (SSSR count). The Morgan fingerprint density at radius 3 is 2.96 bits per heavy atom. The number of primary amides is 1. The minimum Gasteiger partial charge on any atom is -0.481 e. The molecule has 0 aliphatic carbocycles. The Labute approximate surface area is 152 Å². The van der Waals surface area contributed by atoms with E-state index in [1.54, 1.807) is 6.07 Å². The van der Waals surface area contributed by atoms with Crippen molar-refractivity contribution in [2.24, 2.45) is 11.7 Å². The predicted octanol–water partition coefficient (Wildman–Crippen LogP) is 1.17. The van der Waals surface area contributed by atoms with E-state index in [1.807, 2.05) is 24.3 Å². The lowest BCUT2D eigenvalue weighted by atomic mass is 9.97. The number of hydrogen-bond donors (Lipinski definition) is 2. The van der Waals surface area contributed by atoms with Crippen LogP contribution in [0.4, 0.5) is 0 Å². The lowest BCUT2D eigenvalue weighted by molar-refractivity contribution is -0.123. The van der Waals surface area contributed by atoms with Gasteiger partial charge in [-0.1, -0.05) is 18.2 Å². The minimum absolute atomic E-state index is 0.0899. The first-order valence-corrected chi connectivity index (χ1v) is 8.82. The summed E-state index contributed by atoms with van der Waals surface area (Å²) in [5.74, 6) is -0.0820. The lowest BCUT2D eigenvalue weighted by Crippen LogP contribution is -2.44. The van der Waals surface area contributed by atoms with Crippen LogP contribution in [0, 0.1) is 5.92 Å². The molecule has 1 atom stereocenters. The van der Waals surface area contributed by atoms with Gasteiger partial charge in [0, 0.05) is 31.1 Å². The van der Waals surface area contributed by atoms with Gasteiger partial charge in [-0.3, -0.25) is 9.59 Å². The maximum Gasteiger partial charge on any atom is 0.252 e. The van der Waals surface area contributed by atoms with E-state index in [2.05, 4.69) is 15.2 Å². The molecule has 1 aromatic heterocycles. The predicted molar refractivity (Wildman–Crippen MR) is 99.0 cm³/mol. The van der Waals surface area contributed by atoms with Crippen LogP contribution in [0.15, 0.2) is 30.3 Å². The fourth-order valence-corrected chi connectivity index (χ4v) is 3.36. The Balaban J connectivity index is 1.63. The quantitative estimate of drug-likeness (QED) is 0.810. The molecule has 7 heteroatoms. The van der Waals surface area contributed by atoms with E-state index < -0.39 is 0 Å². The smallest absolute Gasteiger partial charge is 0.252 e. The normalized spacial score (nSPS) is 17.8. The molecule has 1 fully saturated rings. The number of benzene rings is 1. The maximum absolute atomic E-state index is 12.7. The van der Waals surface area contributed by atoms with Crippen molar-refractivity contribution in [1.29, 1.82) is 0 Å². The van der Waals surface area contributed by atoms with E-state index in [4.69, 9.17) is 10.5 Å². The second kappa shape index (κ2) is 8.14. The average molecular weight is 356 g/mol. The van der Waals surface area contributed by atoms with Gasteiger partial charge in [-0.05, 0) is 25.5 Å². The molecular weight excluding hydrogens is 332 g/mol. The molecular formula is C19H24N4O3. The molecule has 1 aliphatic rings. The third kappa shape index (κ3) is 4.11. The molecule has 2 amide bonds. The van der Waals surface area contributed by atoms with Crippen LogP contribution in [0.3, 0.4) is 0 Å². The number of methoxy groups -OCH3 is 1. The van der Waals surface area contributed by atoms with Gasteiger partial charge in [0.2, 0.25) is 11.8 Å². The summed E-state index contributed by atoms with van der Waals surface area (Å²) in [6.07, 6.45) is 1.80. The summed E-state index contributed by atoms with van der Waals surface area (Å²) in [4.78, 5) is 30.5. The molecule has 7 nitrogen and oxygen atoms in total. The number of para-hydroxylation sites is 1. The van der Waals surface area contributed by atoms with Gasteiger partial charge in [-0.15, -0.1) is 0 Å². The zero-order valence-corrected chi connectivity index (χ0v) is 14.9. The third-order valence-corrected chi connectivity index (χ3v) is 4.77. The fourth-order valence-electron chi connectivity index (χ4n) is 3.36. The van der Waals surface area contributed by atoms with Crippen LogP contribution in [0.5, 0.6) is 5.88 Å². The molecule has 0 radical (unpaired) electrons. The van der Waals surface area contributed by atoms with Crippen LogP contribution < -0.4 is 15.8 Å². The van der Waals surface area contributed by atoms with Gasteiger partial charge in [0.05, 0.1) is 24.1 Å². The van der Waals surface area contributed by atoms with Gasteiger partial charge in [-0.25, -0.2) is 4.98 Å². The molecule has 2 aromatic rings. The van der Waals surface area contributed by atoms with E-state index in [0.717, 1.165) is 30.3 Å². The van der Waals surface area contributed by atoms with Gasteiger partial charge in [-0.2, -0.15) is 0 Å². The molecule has 2 heterocycles. The number of aromatic nitrogens is 1. The second-order valence-corrected chi connectivity index (χ2v) is 6.53. The number of pyridine rings is 1. The number of ether oxygens (including phenoxy) is 1. The Morgan fingerprint density at radius 2 is 2.19 bits per heavy atom. The monoisotopic (exact) mass is 356 g/mol. The number of nitrogens with two attached hydrogens (primary N) is 1. The van der Waals surface area contributed by atoms with Gasteiger partial charge in [0.1, 0.15) is 0 Å². The minimum atomic E-state index is -0.242. The van der Waals surface area contributed by atoms with E-state index in [-0.39, 0.29) is 17.7 Å². The topological polar surface area (TPSA) is 97.5 Å². The first-order valence-electron chi connectivity index (χ1n) is 8.82. The van der Waals surface area contributed by atoms with Crippen LogP contribution in [0.2, 0.25) is 0 Å². The maximum atomic E-state index is 12.7. The molecule has 1 saturated heterocycles. The Bertz CT molecular complexity index is 808. The van der Waals surface area contributed by atoms with Crippen molar-refractivity contribution in [1.82, 2.24) is 15.2 Å². The third-order valence-electron chi connectivity index (χ3n) is 4.77. The van der Waals surface area contributed by atoms with Crippen molar-refractivity contribution in [2.45, 2.75) is 12.8 Å². The van der Waals surface area contributed by atoms with Crippen molar-refractivity contribution in [3.8, 4) is 5.88 Å². The highest BCUT2D eigenvalue weighted by Gasteiger charge is 2.23. The van der Waals surface area contributed by atoms with E-state index in [1.165, 1.54) is 7.11 Å². The van der Waals surface area contributed by atoms with Crippen LogP contribution in [0.1, 0.15) is 23.2 Å². The second-order valence-electron chi connectivity index (χ2n) is 6.53. The number of nitrogens with zero attached hydrogens (tertiary/aromatic N) is 2. The lowest BCUT2D eigenvalue weighted by Gasteiger charge is -2.31. The first-order chi connectivity index (χ1) is 12.6. The van der Waals surface area contributed by atoms with Crippen molar-refractivity contribution in [3.05, 3.63) is 35.9 Å². The van der Waals surface area contributed by atoms with Crippen LogP contribution in [-0.4, -0.2) is 55.0 Å². The highest BCUT2D eigenvalue weighted by Crippen LogP contribution is 2.22. The Kier molecular flexibility index (Phi) is 5.68. The average Bonchev–Trinajstić information content (AvgIpc) is 2.67. The molecule has 0 bridgehead atoms. The van der Waals surface area contributed by atoms with Crippen molar-refractivity contribution in [3.63, 3.8) is 0 Å². The van der Waals surface area contributed by atoms with Gasteiger partial charge in [0.25, 0.3) is 5.91 Å². The van der Waals surface area contributed by atoms with Crippen molar-refractivity contribution >= 4 is 22.7 Å². The molecule has 26 heavy (non-hydrogen) atoms. The van der Waals surface area contributed by atoms with E-state index in [9.17, 15) is 9.59 Å². The number of piperidine rings is 1. The van der Waals surface area contributed by atoms with Crippen LogP contribution >= 0.6 is 0 Å². The summed E-state index contributed by atoms with van der Waals surface area (Å²) in [5.41, 5.74) is 6.67. The van der Waals surface area contributed by atoms with E-state index >= 15 is 0 Å². The molecule has 0 spiro atoms. The van der Waals surface area contributed by atoms with Crippen molar-refractivity contribution < 1.29 is 14.3 Å². The summed E-state index contributed by atoms with van der Waals surface area (Å²) < 4.78 is 5.20. The van der Waals surface area contributed by atoms with Gasteiger partial charge < -0.3 is 20.7 Å². The fraction of sp³-hybridized carbons (Fsp3) is 0.421. The summed E-state index contributed by atoms with van der Waals surface area (Å²) in [6, 6.07) is 9.14. The number of rotatable bonds is 6. The van der Waals surface area contributed by atoms with Gasteiger partial charge in [0.15, 0.2) is 0 Å².